The third kappa shape index (κ3) is 5.20. The number of benzene rings is 1. The highest BCUT2D eigenvalue weighted by Crippen LogP contribution is 2.34. The first-order chi connectivity index (χ1) is 8.19. The van der Waals surface area contributed by atoms with Gasteiger partial charge in [-0.05, 0) is 62.7 Å². The quantitative estimate of drug-likeness (QED) is 0.718. The van der Waals surface area contributed by atoms with E-state index in [9.17, 15) is 0 Å². The fourth-order valence-corrected chi connectivity index (χ4v) is 3.26. The van der Waals surface area contributed by atoms with Crippen molar-refractivity contribution in [2.24, 2.45) is 0 Å². The molecule has 1 aromatic carbocycles. The summed E-state index contributed by atoms with van der Waals surface area (Å²) in [6.45, 7) is 4.56. The highest BCUT2D eigenvalue weighted by molar-refractivity contribution is 9.11. The van der Waals surface area contributed by atoms with Crippen LogP contribution in [0.5, 0.6) is 5.75 Å². The molecular weight excluding hydrogens is 366 g/mol. The smallest absolute Gasteiger partial charge is 0.147 e. The van der Waals surface area contributed by atoms with Crippen molar-refractivity contribution < 1.29 is 4.74 Å². The van der Waals surface area contributed by atoms with E-state index in [0.717, 1.165) is 33.5 Å². The van der Waals surface area contributed by atoms with E-state index in [1.54, 1.807) is 0 Å². The van der Waals surface area contributed by atoms with Gasteiger partial charge in [0, 0.05) is 18.8 Å². The first kappa shape index (κ1) is 15.3. The van der Waals surface area contributed by atoms with Crippen LogP contribution in [0.1, 0.15) is 12.5 Å². The summed E-state index contributed by atoms with van der Waals surface area (Å²) in [7, 11) is 0. The molecule has 0 aromatic heterocycles. The minimum Gasteiger partial charge on any atom is -0.492 e. The van der Waals surface area contributed by atoms with Crippen LogP contribution < -0.4 is 10.1 Å². The van der Waals surface area contributed by atoms with Gasteiger partial charge >= 0.3 is 0 Å². The van der Waals surface area contributed by atoms with E-state index in [-0.39, 0.29) is 0 Å². The van der Waals surface area contributed by atoms with E-state index in [1.165, 1.54) is 5.56 Å². The zero-order valence-corrected chi connectivity index (χ0v) is 14.0. The number of halogens is 2. The normalized spacial score (nSPS) is 10.6. The molecule has 0 spiro atoms. The second-order valence-corrected chi connectivity index (χ2v) is 6.19. The SMILES string of the molecule is CCOc1c(Br)cc(CNCCSC)cc1Br. The number of nitrogens with one attached hydrogen (secondary N) is 1. The van der Waals surface area contributed by atoms with Crippen molar-refractivity contribution in [1.82, 2.24) is 5.32 Å². The fraction of sp³-hybridized carbons (Fsp3) is 0.500. The summed E-state index contributed by atoms with van der Waals surface area (Å²) in [6.07, 6.45) is 2.12. The molecule has 0 aliphatic carbocycles. The molecule has 0 heterocycles. The Balaban J connectivity index is 2.63. The molecule has 96 valence electrons. The van der Waals surface area contributed by atoms with Crippen LogP contribution in [0, 0.1) is 0 Å². The van der Waals surface area contributed by atoms with E-state index in [4.69, 9.17) is 4.74 Å². The average Bonchev–Trinajstić information content (AvgIpc) is 2.29. The Bertz CT molecular complexity index is 337. The molecule has 0 unspecified atom stereocenters. The van der Waals surface area contributed by atoms with Crippen LogP contribution in [0.4, 0.5) is 0 Å². The van der Waals surface area contributed by atoms with Crippen LogP contribution in [0.2, 0.25) is 0 Å². The van der Waals surface area contributed by atoms with Gasteiger partial charge in [-0.3, -0.25) is 0 Å². The van der Waals surface area contributed by atoms with Crippen molar-refractivity contribution in [2.75, 3.05) is 25.2 Å². The molecule has 0 aliphatic rings. The predicted octanol–water partition coefficient (Wildman–Crippen LogP) is 4.06. The molecule has 0 aliphatic heterocycles. The van der Waals surface area contributed by atoms with Gasteiger partial charge in [0.05, 0.1) is 15.6 Å². The lowest BCUT2D eigenvalue weighted by atomic mass is 10.2. The first-order valence-electron chi connectivity index (χ1n) is 5.49. The van der Waals surface area contributed by atoms with Crippen LogP contribution in [0.25, 0.3) is 0 Å². The van der Waals surface area contributed by atoms with Crippen molar-refractivity contribution in [2.45, 2.75) is 13.5 Å². The van der Waals surface area contributed by atoms with Gasteiger partial charge in [-0.2, -0.15) is 11.8 Å². The monoisotopic (exact) mass is 381 g/mol. The Morgan fingerprint density at radius 1 is 1.29 bits per heavy atom. The highest BCUT2D eigenvalue weighted by Gasteiger charge is 2.08. The maximum Gasteiger partial charge on any atom is 0.147 e. The Morgan fingerprint density at radius 2 is 1.94 bits per heavy atom. The zero-order chi connectivity index (χ0) is 12.7. The van der Waals surface area contributed by atoms with Crippen molar-refractivity contribution in [3.05, 3.63) is 26.6 Å². The lowest BCUT2D eigenvalue weighted by Crippen LogP contribution is -2.16. The maximum atomic E-state index is 5.55. The second kappa shape index (κ2) is 8.40. The predicted molar refractivity (Wildman–Crippen MR) is 83.1 cm³/mol. The van der Waals surface area contributed by atoms with E-state index in [2.05, 4.69) is 55.6 Å². The molecule has 0 bridgehead atoms. The molecule has 1 N–H and O–H groups in total. The summed E-state index contributed by atoms with van der Waals surface area (Å²) in [5.74, 6) is 2.01. The molecular formula is C12H17Br2NOS. The highest BCUT2D eigenvalue weighted by atomic mass is 79.9. The number of thioether (sulfide) groups is 1. The van der Waals surface area contributed by atoms with Crippen LogP contribution in [0.3, 0.4) is 0 Å². The molecule has 0 saturated carbocycles. The molecule has 0 saturated heterocycles. The van der Waals surface area contributed by atoms with Gasteiger partial charge in [0.25, 0.3) is 0 Å². The summed E-state index contributed by atoms with van der Waals surface area (Å²) >= 11 is 8.92. The molecule has 17 heavy (non-hydrogen) atoms. The van der Waals surface area contributed by atoms with E-state index >= 15 is 0 Å². The van der Waals surface area contributed by atoms with Gasteiger partial charge in [-0.15, -0.1) is 0 Å². The lowest BCUT2D eigenvalue weighted by molar-refractivity contribution is 0.336. The zero-order valence-electron chi connectivity index (χ0n) is 10.1. The summed E-state index contributed by atoms with van der Waals surface area (Å²) in [5, 5.41) is 3.41. The van der Waals surface area contributed by atoms with Crippen LogP contribution in [-0.4, -0.2) is 25.2 Å². The van der Waals surface area contributed by atoms with Gasteiger partial charge in [-0.25, -0.2) is 0 Å². The van der Waals surface area contributed by atoms with E-state index < -0.39 is 0 Å². The van der Waals surface area contributed by atoms with Gasteiger partial charge < -0.3 is 10.1 Å². The average molecular weight is 383 g/mol. The largest absolute Gasteiger partial charge is 0.492 e. The summed E-state index contributed by atoms with van der Waals surface area (Å²) in [4.78, 5) is 0. The van der Waals surface area contributed by atoms with Crippen molar-refractivity contribution >= 4 is 43.6 Å². The lowest BCUT2D eigenvalue weighted by Gasteiger charge is -2.11. The third-order valence-corrected chi connectivity index (χ3v) is 3.95. The molecule has 5 heteroatoms. The van der Waals surface area contributed by atoms with Crippen LogP contribution in [0.15, 0.2) is 21.1 Å². The topological polar surface area (TPSA) is 21.3 Å². The van der Waals surface area contributed by atoms with Gasteiger partial charge in [0.2, 0.25) is 0 Å². The van der Waals surface area contributed by atoms with Crippen LogP contribution in [-0.2, 0) is 6.54 Å². The summed E-state index contributed by atoms with van der Waals surface area (Å²) < 4.78 is 7.54. The Morgan fingerprint density at radius 3 is 2.47 bits per heavy atom. The van der Waals surface area contributed by atoms with Gasteiger partial charge in [0.1, 0.15) is 5.75 Å². The molecule has 0 radical (unpaired) electrons. The number of hydrogen-bond donors (Lipinski definition) is 1. The third-order valence-electron chi connectivity index (χ3n) is 2.16. The molecule has 0 amide bonds. The van der Waals surface area contributed by atoms with E-state index in [1.807, 2.05) is 18.7 Å². The molecule has 1 rings (SSSR count). The van der Waals surface area contributed by atoms with Crippen molar-refractivity contribution in [3.63, 3.8) is 0 Å². The van der Waals surface area contributed by atoms with Crippen molar-refractivity contribution in [1.29, 1.82) is 0 Å². The molecule has 1 aromatic rings. The van der Waals surface area contributed by atoms with Gasteiger partial charge in [0.15, 0.2) is 0 Å². The maximum absolute atomic E-state index is 5.55. The minimum atomic E-state index is 0.669. The van der Waals surface area contributed by atoms with E-state index in [0.29, 0.717) is 6.61 Å². The standard InChI is InChI=1S/C12H17Br2NOS/c1-3-16-12-10(13)6-9(7-11(12)14)8-15-4-5-17-2/h6-7,15H,3-5,8H2,1-2H3. The summed E-state index contributed by atoms with van der Waals surface area (Å²) in [5.41, 5.74) is 1.24. The number of hydrogen-bond acceptors (Lipinski definition) is 3. The first-order valence-corrected chi connectivity index (χ1v) is 8.47. The Kier molecular flexibility index (Phi) is 7.59. The van der Waals surface area contributed by atoms with Crippen molar-refractivity contribution in [3.8, 4) is 5.75 Å². The molecule has 0 fully saturated rings. The number of ether oxygens (including phenoxy) is 1. The minimum absolute atomic E-state index is 0.669. The summed E-state index contributed by atoms with van der Waals surface area (Å²) in [6, 6.07) is 4.20. The van der Waals surface area contributed by atoms with Crippen LogP contribution >= 0.6 is 43.6 Å². The molecule has 0 atom stereocenters. The number of rotatable bonds is 7. The second-order valence-electron chi connectivity index (χ2n) is 3.49. The Labute approximate surface area is 124 Å². The fourth-order valence-electron chi connectivity index (χ4n) is 1.40. The van der Waals surface area contributed by atoms with Gasteiger partial charge in [-0.1, -0.05) is 0 Å². The molecule has 2 nitrogen and oxygen atoms in total. The Hall–Kier alpha value is 0.290.